The summed E-state index contributed by atoms with van der Waals surface area (Å²) in [5.74, 6) is 0. The molecule has 0 saturated carbocycles. The van der Waals surface area contributed by atoms with Crippen LogP contribution in [0.2, 0.25) is 0 Å². The average Bonchev–Trinajstić information content (AvgIpc) is 2.38. The van der Waals surface area contributed by atoms with E-state index in [9.17, 15) is 13.2 Å². The summed E-state index contributed by atoms with van der Waals surface area (Å²) in [5.41, 5.74) is -0.826. The number of rotatable bonds is 6. The molecule has 1 rings (SSSR count). The Hall–Kier alpha value is -1.70. The molecule has 0 aliphatic heterocycles. The second-order valence-corrected chi connectivity index (χ2v) is 4.91. The summed E-state index contributed by atoms with van der Waals surface area (Å²) in [6.45, 7) is 4.05. The summed E-state index contributed by atoms with van der Waals surface area (Å²) >= 11 is 0. The topological polar surface area (TPSA) is 35.8 Å². The van der Waals surface area contributed by atoms with Crippen LogP contribution in [0, 0.1) is 11.3 Å². The van der Waals surface area contributed by atoms with Crippen LogP contribution < -0.4 is 5.32 Å². The second kappa shape index (κ2) is 7.18. The van der Waals surface area contributed by atoms with Crippen molar-refractivity contribution in [1.82, 2.24) is 0 Å². The minimum Gasteiger partial charge on any atom is -0.383 e. The van der Waals surface area contributed by atoms with Crippen molar-refractivity contribution in [2.45, 2.75) is 51.7 Å². The normalized spacial score (nSPS) is 12.8. The first-order chi connectivity index (χ1) is 9.38. The molecule has 1 aromatic rings. The standard InChI is InChI=1S/C15H19F3N2/c1-3-4-5-6-11(2)20-13-8-7-12(10-19)14(9-13)15(16,17)18/h7-9,11,20H,3-6H2,1-2H3. The lowest BCUT2D eigenvalue weighted by molar-refractivity contribution is -0.137. The zero-order chi connectivity index (χ0) is 15.2. The molecular formula is C15H19F3N2. The highest BCUT2D eigenvalue weighted by molar-refractivity contribution is 5.53. The maximum absolute atomic E-state index is 12.8. The Balaban J connectivity index is 2.80. The van der Waals surface area contributed by atoms with Crippen LogP contribution in [-0.2, 0) is 6.18 Å². The lowest BCUT2D eigenvalue weighted by Crippen LogP contribution is -2.16. The van der Waals surface area contributed by atoms with E-state index in [2.05, 4.69) is 12.2 Å². The fraction of sp³-hybridized carbons (Fsp3) is 0.533. The lowest BCUT2D eigenvalue weighted by atomic mass is 10.1. The molecule has 0 spiro atoms. The quantitative estimate of drug-likeness (QED) is 0.749. The van der Waals surface area contributed by atoms with Gasteiger partial charge in [0.25, 0.3) is 0 Å². The van der Waals surface area contributed by atoms with Crippen molar-refractivity contribution in [3.63, 3.8) is 0 Å². The molecule has 0 aliphatic rings. The molecule has 0 saturated heterocycles. The molecule has 0 fully saturated rings. The maximum Gasteiger partial charge on any atom is 0.417 e. The number of alkyl halides is 3. The van der Waals surface area contributed by atoms with Gasteiger partial charge in [-0.15, -0.1) is 0 Å². The van der Waals surface area contributed by atoms with Crippen molar-refractivity contribution in [2.75, 3.05) is 5.32 Å². The highest BCUT2D eigenvalue weighted by atomic mass is 19.4. The first-order valence-corrected chi connectivity index (χ1v) is 6.76. The van der Waals surface area contributed by atoms with Crippen LogP contribution in [0.25, 0.3) is 0 Å². The van der Waals surface area contributed by atoms with Crippen molar-refractivity contribution in [2.24, 2.45) is 0 Å². The molecule has 5 heteroatoms. The highest BCUT2D eigenvalue weighted by Gasteiger charge is 2.33. The monoisotopic (exact) mass is 284 g/mol. The summed E-state index contributed by atoms with van der Waals surface area (Å²) in [6, 6.07) is 5.42. The molecule has 1 unspecified atom stereocenters. The number of nitriles is 1. The van der Waals surface area contributed by atoms with Gasteiger partial charge in [-0.05, 0) is 31.5 Å². The van der Waals surface area contributed by atoms with Crippen molar-refractivity contribution >= 4 is 5.69 Å². The summed E-state index contributed by atoms with van der Waals surface area (Å²) in [6.07, 6.45) is -0.314. The first kappa shape index (κ1) is 16.4. The summed E-state index contributed by atoms with van der Waals surface area (Å²) < 4.78 is 38.5. The molecule has 0 heterocycles. The number of anilines is 1. The third kappa shape index (κ3) is 4.76. The summed E-state index contributed by atoms with van der Waals surface area (Å²) in [7, 11) is 0. The van der Waals surface area contributed by atoms with Crippen molar-refractivity contribution in [3.05, 3.63) is 29.3 Å². The Kier molecular flexibility index (Phi) is 5.87. The number of nitrogens with one attached hydrogen (secondary N) is 1. The Morgan fingerprint density at radius 2 is 2.00 bits per heavy atom. The molecule has 1 aromatic carbocycles. The molecule has 1 N–H and O–H groups in total. The molecule has 2 nitrogen and oxygen atoms in total. The molecule has 110 valence electrons. The largest absolute Gasteiger partial charge is 0.417 e. The number of nitrogens with zero attached hydrogens (tertiary/aromatic N) is 1. The predicted molar refractivity (Wildman–Crippen MR) is 73.4 cm³/mol. The van der Waals surface area contributed by atoms with E-state index in [1.807, 2.05) is 6.92 Å². The molecule has 0 amide bonds. The van der Waals surface area contributed by atoms with E-state index in [4.69, 9.17) is 5.26 Å². The van der Waals surface area contributed by atoms with E-state index in [0.717, 1.165) is 31.7 Å². The predicted octanol–water partition coefficient (Wildman–Crippen LogP) is 4.96. The van der Waals surface area contributed by atoms with Gasteiger partial charge in [-0.1, -0.05) is 26.2 Å². The van der Waals surface area contributed by atoms with E-state index in [0.29, 0.717) is 5.69 Å². The van der Waals surface area contributed by atoms with Crippen LogP contribution in [0.3, 0.4) is 0 Å². The fourth-order valence-corrected chi connectivity index (χ4v) is 2.02. The van der Waals surface area contributed by atoms with Gasteiger partial charge in [-0.3, -0.25) is 0 Å². The van der Waals surface area contributed by atoms with E-state index in [1.54, 1.807) is 6.07 Å². The Morgan fingerprint density at radius 1 is 1.30 bits per heavy atom. The van der Waals surface area contributed by atoms with Gasteiger partial charge in [0.15, 0.2) is 0 Å². The molecule has 20 heavy (non-hydrogen) atoms. The van der Waals surface area contributed by atoms with Gasteiger partial charge in [0.1, 0.15) is 0 Å². The highest BCUT2D eigenvalue weighted by Crippen LogP contribution is 2.33. The minimum atomic E-state index is -4.51. The van der Waals surface area contributed by atoms with Gasteiger partial charge < -0.3 is 5.32 Å². The zero-order valence-corrected chi connectivity index (χ0v) is 11.7. The zero-order valence-electron chi connectivity index (χ0n) is 11.7. The molecule has 0 radical (unpaired) electrons. The number of halogens is 3. The lowest BCUT2D eigenvalue weighted by Gasteiger charge is -2.17. The Bertz CT molecular complexity index is 475. The third-order valence-electron chi connectivity index (χ3n) is 3.10. The van der Waals surface area contributed by atoms with Crippen molar-refractivity contribution < 1.29 is 13.2 Å². The third-order valence-corrected chi connectivity index (χ3v) is 3.10. The molecular weight excluding hydrogens is 265 g/mol. The number of unbranched alkanes of at least 4 members (excludes halogenated alkanes) is 2. The van der Waals surface area contributed by atoms with E-state index < -0.39 is 11.7 Å². The van der Waals surface area contributed by atoms with Gasteiger partial charge in [-0.25, -0.2) is 0 Å². The average molecular weight is 284 g/mol. The minimum absolute atomic E-state index is 0.107. The summed E-state index contributed by atoms with van der Waals surface area (Å²) in [5, 5.41) is 11.8. The van der Waals surface area contributed by atoms with Crippen LogP contribution in [0.5, 0.6) is 0 Å². The van der Waals surface area contributed by atoms with Gasteiger partial charge in [-0.2, -0.15) is 18.4 Å². The van der Waals surface area contributed by atoms with E-state index >= 15 is 0 Å². The second-order valence-electron chi connectivity index (χ2n) is 4.91. The van der Waals surface area contributed by atoms with Gasteiger partial charge in [0, 0.05) is 11.7 Å². The van der Waals surface area contributed by atoms with Crippen LogP contribution in [0.4, 0.5) is 18.9 Å². The number of hydrogen-bond donors (Lipinski definition) is 1. The van der Waals surface area contributed by atoms with Crippen LogP contribution in [-0.4, -0.2) is 6.04 Å². The fourth-order valence-electron chi connectivity index (χ4n) is 2.02. The van der Waals surface area contributed by atoms with Crippen LogP contribution >= 0.6 is 0 Å². The smallest absolute Gasteiger partial charge is 0.383 e. The molecule has 0 aliphatic carbocycles. The van der Waals surface area contributed by atoms with Crippen LogP contribution in [0.15, 0.2) is 18.2 Å². The molecule has 1 atom stereocenters. The van der Waals surface area contributed by atoms with E-state index in [-0.39, 0.29) is 11.6 Å². The van der Waals surface area contributed by atoms with Crippen LogP contribution in [0.1, 0.15) is 50.7 Å². The van der Waals surface area contributed by atoms with E-state index in [1.165, 1.54) is 12.1 Å². The van der Waals surface area contributed by atoms with Crippen molar-refractivity contribution in [3.8, 4) is 6.07 Å². The Morgan fingerprint density at radius 3 is 2.55 bits per heavy atom. The van der Waals surface area contributed by atoms with Gasteiger partial charge in [0.2, 0.25) is 0 Å². The van der Waals surface area contributed by atoms with Crippen molar-refractivity contribution in [1.29, 1.82) is 5.26 Å². The Labute approximate surface area is 117 Å². The maximum atomic E-state index is 12.8. The molecule has 0 aromatic heterocycles. The van der Waals surface area contributed by atoms with Gasteiger partial charge in [0.05, 0.1) is 17.2 Å². The SMILES string of the molecule is CCCCCC(C)Nc1ccc(C#N)c(C(F)(F)F)c1. The molecule has 0 bridgehead atoms. The van der Waals surface area contributed by atoms with Gasteiger partial charge >= 0.3 is 6.18 Å². The summed E-state index contributed by atoms with van der Waals surface area (Å²) in [4.78, 5) is 0. The first-order valence-electron chi connectivity index (χ1n) is 6.76. The number of benzene rings is 1. The number of hydrogen-bond acceptors (Lipinski definition) is 2.